The molecule has 1 aliphatic heterocycles. The Bertz CT molecular complexity index is 612. The van der Waals surface area contributed by atoms with Crippen LogP contribution in [0.4, 0.5) is 0 Å². The van der Waals surface area contributed by atoms with Crippen LogP contribution in [0.3, 0.4) is 0 Å². The van der Waals surface area contributed by atoms with Crippen molar-refractivity contribution in [3.8, 4) is 0 Å². The predicted octanol–water partition coefficient (Wildman–Crippen LogP) is 3.07. The highest BCUT2D eigenvalue weighted by Crippen LogP contribution is 2.24. The Hall–Kier alpha value is -1.48. The lowest BCUT2D eigenvalue weighted by Crippen LogP contribution is -2.29. The molecule has 18 heavy (non-hydrogen) atoms. The van der Waals surface area contributed by atoms with Crippen LogP contribution in [-0.2, 0) is 7.05 Å². The molecule has 0 bridgehead atoms. The van der Waals surface area contributed by atoms with Gasteiger partial charge >= 0.3 is 0 Å². The van der Waals surface area contributed by atoms with Gasteiger partial charge in [-0.25, -0.2) is 0 Å². The fourth-order valence-electron chi connectivity index (χ4n) is 2.59. The Balaban J connectivity index is 2.06. The van der Waals surface area contributed by atoms with Crippen molar-refractivity contribution >= 4 is 28.4 Å². The van der Waals surface area contributed by atoms with Crippen LogP contribution in [0.15, 0.2) is 24.3 Å². The molecule has 1 amide bonds. The number of carbonyl (C=O) groups excluding carboxylic acids is 1. The van der Waals surface area contributed by atoms with Crippen LogP contribution in [0.1, 0.15) is 23.3 Å². The van der Waals surface area contributed by atoms with Gasteiger partial charge in [0.1, 0.15) is 5.69 Å². The second kappa shape index (κ2) is 4.32. The maximum absolute atomic E-state index is 12.4. The fraction of sp³-hybridized carbons (Fsp3) is 0.357. The molecular formula is C14H15ClN2O. The van der Waals surface area contributed by atoms with Crippen molar-refractivity contribution in [1.29, 1.82) is 0 Å². The summed E-state index contributed by atoms with van der Waals surface area (Å²) in [5.74, 6) is 0.127. The van der Waals surface area contributed by atoms with E-state index in [4.69, 9.17) is 11.6 Å². The number of nitrogens with zero attached hydrogens (tertiary/aromatic N) is 2. The van der Waals surface area contributed by atoms with E-state index in [2.05, 4.69) is 0 Å². The van der Waals surface area contributed by atoms with Crippen LogP contribution in [0, 0.1) is 0 Å². The van der Waals surface area contributed by atoms with Crippen LogP contribution in [0.5, 0.6) is 0 Å². The van der Waals surface area contributed by atoms with Gasteiger partial charge in [0.15, 0.2) is 0 Å². The van der Waals surface area contributed by atoms with Gasteiger partial charge in [-0.2, -0.15) is 0 Å². The first-order valence-electron chi connectivity index (χ1n) is 6.21. The molecular weight excluding hydrogens is 248 g/mol. The van der Waals surface area contributed by atoms with E-state index in [9.17, 15) is 4.79 Å². The summed E-state index contributed by atoms with van der Waals surface area (Å²) in [5.41, 5.74) is 1.75. The van der Waals surface area contributed by atoms with Crippen LogP contribution in [0.25, 0.3) is 10.9 Å². The Kier molecular flexibility index (Phi) is 2.78. The highest BCUT2D eigenvalue weighted by Gasteiger charge is 2.22. The average Bonchev–Trinajstić information content (AvgIpc) is 2.98. The van der Waals surface area contributed by atoms with Crippen LogP contribution in [-0.4, -0.2) is 28.5 Å². The smallest absolute Gasteiger partial charge is 0.270 e. The molecule has 1 saturated heterocycles. The van der Waals surface area contributed by atoms with Gasteiger partial charge in [-0.15, -0.1) is 0 Å². The molecule has 2 heterocycles. The first-order chi connectivity index (χ1) is 8.66. The molecule has 3 rings (SSSR count). The molecule has 0 saturated carbocycles. The lowest BCUT2D eigenvalue weighted by Gasteiger charge is -2.15. The van der Waals surface area contributed by atoms with Crippen LogP contribution >= 0.6 is 11.6 Å². The summed E-state index contributed by atoms with van der Waals surface area (Å²) in [7, 11) is 1.92. The van der Waals surface area contributed by atoms with Crippen molar-refractivity contribution in [1.82, 2.24) is 9.47 Å². The van der Waals surface area contributed by atoms with E-state index >= 15 is 0 Å². The number of amides is 1. The predicted molar refractivity (Wildman–Crippen MR) is 73.1 cm³/mol. The third kappa shape index (κ3) is 1.79. The van der Waals surface area contributed by atoms with E-state index in [-0.39, 0.29) is 5.91 Å². The van der Waals surface area contributed by atoms with Crippen molar-refractivity contribution in [3.05, 3.63) is 35.0 Å². The largest absolute Gasteiger partial charge is 0.340 e. The summed E-state index contributed by atoms with van der Waals surface area (Å²) in [6.45, 7) is 1.75. The molecule has 3 nitrogen and oxygen atoms in total. The Morgan fingerprint density at radius 2 is 1.94 bits per heavy atom. The minimum absolute atomic E-state index is 0.127. The fourth-order valence-corrected chi connectivity index (χ4v) is 2.76. The van der Waals surface area contributed by atoms with E-state index in [1.807, 2.05) is 40.8 Å². The number of rotatable bonds is 1. The van der Waals surface area contributed by atoms with E-state index in [0.29, 0.717) is 5.02 Å². The van der Waals surface area contributed by atoms with Gasteiger partial charge in [0.2, 0.25) is 0 Å². The third-order valence-electron chi connectivity index (χ3n) is 3.62. The zero-order valence-electron chi connectivity index (χ0n) is 10.3. The standard InChI is InChI=1S/C14H15ClN2O/c1-16-12-9-11(15)5-4-10(12)8-13(16)14(18)17-6-2-3-7-17/h4-5,8-9H,2-3,6-7H2,1H3. The summed E-state index contributed by atoms with van der Waals surface area (Å²) in [6.07, 6.45) is 2.23. The van der Waals surface area contributed by atoms with Gasteiger partial charge in [-0.1, -0.05) is 17.7 Å². The highest BCUT2D eigenvalue weighted by molar-refractivity contribution is 6.31. The molecule has 0 N–H and O–H groups in total. The zero-order chi connectivity index (χ0) is 12.7. The molecule has 0 aliphatic carbocycles. The monoisotopic (exact) mass is 262 g/mol. The average molecular weight is 263 g/mol. The Morgan fingerprint density at radius 3 is 2.67 bits per heavy atom. The van der Waals surface area contributed by atoms with Gasteiger partial charge in [-0.05, 0) is 31.0 Å². The number of aromatic nitrogens is 1. The maximum atomic E-state index is 12.4. The van der Waals surface area contributed by atoms with Crippen molar-refractivity contribution in [3.63, 3.8) is 0 Å². The zero-order valence-corrected chi connectivity index (χ0v) is 11.1. The first kappa shape index (κ1) is 11.6. The van der Waals surface area contributed by atoms with Crippen LogP contribution in [0.2, 0.25) is 5.02 Å². The second-order valence-electron chi connectivity index (χ2n) is 4.79. The maximum Gasteiger partial charge on any atom is 0.270 e. The van der Waals surface area contributed by atoms with Crippen molar-refractivity contribution in [2.75, 3.05) is 13.1 Å². The number of benzene rings is 1. The van der Waals surface area contributed by atoms with Gasteiger partial charge in [0.25, 0.3) is 5.91 Å². The second-order valence-corrected chi connectivity index (χ2v) is 5.23. The number of aryl methyl sites for hydroxylation is 1. The van der Waals surface area contributed by atoms with E-state index < -0.39 is 0 Å². The molecule has 1 aromatic carbocycles. The van der Waals surface area contributed by atoms with Crippen molar-refractivity contribution in [2.45, 2.75) is 12.8 Å². The molecule has 0 atom stereocenters. The molecule has 1 fully saturated rings. The number of fused-ring (bicyclic) bond motifs is 1. The molecule has 4 heteroatoms. The normalized spacial score (nSPS) is 15.6. The minimum Gasteiger partial charge on any atom is -0.340 e. The lowest BCUT2D eigenvalue weighted by atomic mass is 10.2. The van der Waals surface area contributed by atoms with Gasteiger partial charge in [0.05, 0.1) is 0 Å². The topological polar surface area (TPSA) is 25.2 Å². The summed E-state index contributed by atoms with van der Waals surface area (Å²) in [4.78, 5) is 14.3. The molecule has 94 valence electrons. The third-order valence-corrected chi connectivity index (χ3v) is 3.85. The van der Waals surface area contributed by atoms with Crippen LogP contribution < -0.4 is 0 Å². The van der Waals surface area contributed by atoms with Crippen molar-refractivity contribution < 1.29 is 4.79 Å². The highest BCUT2D eigenvalue weighted by atomic mass is 35.5. The van der Waals surface area contributed by atoms with Gasteiger partial charge < -0.3 is 9.47 Å². The molecule has 0 unspecified atom stereocenters. The summed E-state index contributed by atoms with van der Waals surface area (Å²) < 4.78 is 1.93. The number of carbonyl (C=O) groups is 1. The van der Waals surface area contributed by atoms with E-state index in [0.717, 1.165) is 42.5 Å². The summed E-state index contributed by atoms with van der Waals surface area (Å²) >= 11 is 6.00. The molecule has 1 aliphatic rings. The minimum atomic E-state index is 0.127. The Morgan fingerprint density at radius 1 is 1.22 bits per heavy atom. The van der Waals surface area contributed by atoms with Crippen molar-refractivity contribution in [2.24, 2.45) is 7.05 Å². The SMILES string of the molecule is Cn1c(C(=O)N2CCCC2)cc2ccc(Cl)cc21. The van der Waals surface area contributed by atoms with Gasteiger partial charge in [-0.3, -0.25) is 4.79 Å². The van der Waals surface area contributed by atoms with E-state index in [1.54, 1.807) is 0 Å². The Labute approximate surface area is 111 Å². The van der Waals surface area contributed by atoms with E-state index in [1.165, 1.54) is 0 Å². The number of likely N-dealkylation sites (tertiary alicyclic amines) is 1. The quantitative estimate of drug-likeness (QED) is 0.775. The molecule has 2 aromatic rings. The number of hydrogen-bond acceptors (Lipinski definition) is 1. The number of halogens is 1. The summed E-state index contributed by atoms with van der Waals surface area (Å²) in [5, 5.41) is 1.76. The summed E-state index contributed by atoms with van der Waals surface area (Å²) in [6, 6.07) is 7.66. The van der Waals surface area contributed by atoms with Gasteiger partial charge in [0, 0.05) is 36.1 Å². The first-order valence-corrected chi connectivity index (χ1v) is 6.59. The lowest BCUT2D eigenvalue weighted by molar-refractivity contribution is 0.0784. The molecule has 0 spiro atoms. The molecule has 0 radical (unpaired) electrons. The molecule has 1 aromatic heterocycles. The number of hydrogen-bond donors (Lipinski definition) is 0.